The lowest BCUT2D eigenvalue weighted by Gasteiger charge is -2.11. The van der Waals surface area contributed by atoms with Crippen LogP contribution in [0.15, 0.2) is 72.8 Å². The van der Waals surface area contributed by atoms with Crippen LogP contribution in [0.5, 0.6) is 0 Å². The first-order valence-electron chi connectivity index (χ1n) is 7.20. The molecule has 0 saturated carbocycles. The molecule has 0 unspecified atom stereocenters. The zero-order valence-electron chi connectivity index (χ0n) is 11.8. The van der Waals surface area contributed by atoms with Gasteiger partial charge in [0, 0.05) is 22.4 Å². The van der Waals surface area contributed by atoms with Gasteiger partial charge in [0.05, 0.1) is 11.2 Å². The summed E-state index contributed by atoms with van der Waals surface area (Å²) in [4.78, 5) is 4.79. The molecule has 3 aromatic rings. The van der Waals surface area contributed by atoms with Crippen LogP contribution in [0.25, 0.3) is 27.7 Å². The van der Waals surface area contributed by atoms with Crippen LogP contribution in [-0.4, -0.2) is 4.98 Å². The quantitative estimate of drug-likeness (QED) is 0.590. The summed E-state index contributed by atoms with van der Waals surface area (Å²) in [7, 11) is 0. The van der Waals surface area contributed by atoms with Crippen LogP contribution in [0.1, 0.15) is 5.56 Å². The van der Waals surface area contributed by atoms with E-state index in [-0.39, 0.29) is 0 Å². The third-order valence-corrected chi connectivity index (χ3v) is 4.17. The highest BCUT2D eigenvalue weighted by molar-refractivity contribution is 6.33. The largest absolute Gasteiger partial charge is 0.248 e. The number of halogens is 1. The average molecular weight is 303 g/mol. The molecule has 2 heteroatoms. The third-order valence-electron chi connectivity index (χ3n) is 3.84. The first kappa shape index (κ1) is 13.3. The molecule has 0 atom stereocenters. The molecule has 0 bridgehead atoms. The van der Waals surface area contributed by atoms with E-state index in [1.165, 1.54) is 11.1 Å². The van der Waals surface area contributed by atoms with Crippen LogP contribution in [0.4, 0.5) is 0 Å². The summed E-state index contributed by atoms with van der Waals surface area (Å²) >= 11 is 6.35. The first-order chi connectivity index (χ1) is 10.8. The molecule has 1 radical (unpaired) electrons. The Bertz CT molecular complexity index is 922. The molecule has 0 saturated heterocycles. The highest BCUT2D eigenvalue weighted by Crippen LogP contribution is 2.33. The predicted molar refractivity (Wildman–Crippen MR) is 93.6 cm³/mol. The van der Waals surface area contributed by atoms with E-state index < -0.39 is 0 Å². The van der Waals surface area contributed by atoms with Gasteiger partial charge < -0.3 is 0 Å². The summed E-state index contributed by atoms with van der Waals surface area (Å²) in [5.41, 5.74) is 5.23. The maximum Gasteiger partial charge on any atom is 0.0730 e. The first-order valence-corrected chi connectivity index (χ1v) is 7.57. The number of benzene rings is 2. The second-order valence-corrected chi connectivity index (χ2v) is 5.63. The molecule has 4 rings (SSSR count). The van der Waals surface area contributed by atoms with Crippen LogP contribution in [0, 0.1) is 6.42 Å². The number of aromatic nitrogens is 1. The zero-order valence-corrected chi connectivity index (χ0v) is 12.6. The van der Waals surface area contributed by atoms with Crippen molar-refractivity contribution in [1.82, 2.24) is 4.98 Å². The Balaban J connectivity index is 2.02. The lowest BCUT2D eigenvalue weighted by Crippen LogP contribution is -1.91. The van der Waals surface area contributed by atoms with E-state index in [4.69, 9.17) is 16.6 Å². The molecule has 1 aliphatic rings. The molecule has 1 heterocycles. The van der Waals surface area contributed by atoms with Crippen LogP contribution in [0.2, 0.25) is 5.02 Å². The van der Waals surface area contributed by atoms with Gasteiger partial charge in [-0.2, -0.15) is 0 Å². The number of pyridine rings is 1. The minimum atomic E-state index is 0.721. The smallest absolute Gasteiger partial charge is 0.0730 e. The monoisotopic (exact) mass is 302 g/mol. The fourth-order valence-electron chi connectivity index (χ4n) is 2.77. The van der Waals surface area contributed by atoms with Gasteiger partial charge in [-0.1, -0.05) is 66.2 Å². The van der Waals surface area contributed by atoms with Crippen molar-refractivity contribution in [2.24, 2.45) is 0 Å². The number of hydrogen-bond acceptors (Lipinski definition) is 1. The lowest BCUT2D eigenvalue weighted by atomic mass is 9.99. The molecule has 0 fully saturated rings. The van der Waals surface area contributed by atoms with Crippen molar-refractivity contribution in [3.8, 4) is 11.3 Å². The highest BCUT2D eigenvalue weighted by Gasteiger charge is 2.12. The van der Waals surface area contributed by atoms with Crippen molar-refractivity contribution in [1.29, 1.82) is 0 Å². The molecule has 1 aromatic heterocycles. The van der Waals surface area contributed by atoms with Gasteiger partial charge in [-0.3, -0.25) is 0 Å². The molecule has 1 nitrogen and oxygen atoms in total. The number of nitrogens with zero attached hydrogens (tertiary/aromatic N) is 1. The minimum Gasteiger partial charge on any atom is -0.248 e. The number of allylic oxidation sites excluding steroid dienone is 4. The molecule has 0 spiro atoms. The number of para-hydroxylation sites is 1. The second kappa shape index (κ2) is 5.43. The predicted octanol–water partition coefficient (Wildman–Crippen LogP) is 5.71. The Hall–Kier alpha value is -2.38. The van der Waals surface area contributed by atoms with Gasteiger partial charge in [-0.05, 0) is 29.3 Å². The van der Waals surface area contributed by atoms with Gasteiger partial charge in [0.2, 0.25) is 0 Å². The van der Waals surface area contributed by atoms with Crippen molar-refractivity contribution in [2.45, 2.75) is 0 Å². The van der Waals surface area contributed by atoms with Crippen molar-refractivity contribution >= 4 is 28.1 Å². The van der Waals surface area contributed by atoms with Crippen molar-refractivity contribution in [2.75, 3.05) is 0 Å². The van der Waals surface area contributed by atoms with E-state index >= 15 is 0 Å². The Morgan fingerprint density at radius 3 is 2.50 bits per heavy atom. The molecule has 105 valence electrons. The van der Waals surface area contributed by atoms with Crippen molar-refractivity contribution < 1.29 is 0 Å². The molecule has 2 aromatic carbocycles. The topological polar surface area (TPSA) is 12.9 Å². The van der Waals surface area contributed by atoms with Crippen molar-refractivity contribution in [3.05, 3.63) is 89.8 Å². The molecular formula is C20H13ClN. The summed E-state index contributed by atoms with van der Waals surface area (Å²) in [6.45, 7) is 0. The fourth-order valence-corrected chi connectivity index (χ4v) is 3.01. The summed E-state index contributed by atoms with van der Waals surface area (Å²) in [6.07, 6.45) is 8.36. The summed E-state index contributed by atoms with van der Waals surface area (Å²) in [5.74, 6) is 0. The Morgan fingerprint density at radius 2 is 1.68 bits per heavy atom. The van der Waals surface area contributed by atoms with Gasteiger partial charge in [0.15, 0.2) is 0 Å². The van der Waals surface area contributed by atoms with Gasteiger partial charge in [0.25, 0.3) is 0 Å². The standard InChI is InChI=1S/C20H13ClN/c21-18-11-5-3-10-16(18)20-13-17(14-7-1-2-8-14)15-9-4-6-12-19(15)22-20/h1-13H. The van der Waals surface area contributed by atoms with E-state index in [0.717, 1.165) is 27.2 Å². The van der Waals surface area contributed by atoms with Crippen LogP contribution < -0.4 is 0 Å². The van der Waals surface area contributed by atoms with Crippen LogP contribution >= 0.6 is 11.6 Å². The molecule has 0 N–H and O–H groups in total. The van der Waals surface area contributed by atoms with Gasteiger partial charge >= 0.3 is 0 Å². The summed E-state index contributed by atoms with van der Waals surface area (Å²) in [6, 6.07) is 18.2. The van der Waals surface area contributed by atoms with Gasteiger partial charge in [-0.15, -0.1) is 0 Å². The maximum atomic E-state index is 6.35. The van der Waals surface area contributed by atoms with E-state index in [1.54, 1.807) is 0 Å². The van der Waals surface area contributed by atoms with Crippen LogP contribution in [0.3, 0.4) is 0 Å². The van der Waals surface area contributed by atoms with Crippen molar-refractivity contribution in [3.63, 3.8) is 0 Å². The van der Waals surface area contributed by atoms with E-state index in [0.29, 0.717) is 0 Å². The Labute approximate surface area is 134 Å². The van der Waals surface area contributed by atoms with Gasteiger partial charge in [0.1, 0.15) is 0 Å². The molecule has 1 aliphatic carbocycles. The Kier molecular flexibility index (Phi) is 3.28. The Morgan fingerprint density at radius 1 is 0.864 bits per heavy atom. The molecular weight excluding hydrogens is 290 g/mol. The van der Waals surface area contributed by atoms with E-state index in [9.17, 15) is 0 Å². The number of fused-ring (bicyclic) bond motifs is 1. The molecule has 22 heavy (non-hydrogen) atoms. The van der Waals surface area contributed by atoms with E-state index in [1.807, 2.05) is 42.5 Å². The fraction of sp³-hybridized carbons (Fsp3) is 0. The maximum absolute atomic E-state index is 6.35. The zero-order chi connectivity index (χ0) is 14.9. The summed E-state index contributed by atoms with van der Waals surface area (Å²) < 4.78 is 0. The number of hydrogen-bond donors (Lipinski definition) is 0. The van der Waals surface area contributed by atoms with Gasteiger partial charge in [-0.25, -0.2) is 4.98 Å². The lowest BCUT2D eigenvalue weighted by molar-refractivity contribution is 1.39. The average Bonchev–Trinajstić information content (AvgIpc) is 3.08. The normalized spacial score (nSPS) is 13.6. The molecule has 0 amide bonds. The highest BCUT2D eigenvalue weighted by atomic mass is 35.5. The van der Waals surface area contributed by atoms with E-state index in [2.05, 4.69) is 36.8 Å². The minimum absolute atomic E-state index is 0.721. The second-order valence-electron chi connectivity index (χ2n) is 5.23. The van der Waals surface area contributed by atoms with Crippen LogP contribution in [-0.2, 0) is 0 Å². The third kappa shape index (κ3) is 2.24. The molecule has 0 aliphatic heterocycles. The number of rotatable bonds is 2. The summed E-state index contributed by atoms with van der Waals surface area (Å²) in [5, 5.41) is 1.88. The SMILES string of the molecule is Clc1ccccc1-c1cc(C2=C[CH]C=C2)c2ccccc2n1.